The molecule has 1 fully saturated rings. The summed E-state index contributed by atoms with van der Waals surface area (Å²) in [6, 6.07) is 3.81. The highest BCUT2D eigenvalue weighted by Crippen LogP contribution is 2.34. The van der Waals surface area contributed by atoms with Crippen LogP contribution >= 0.6 is 0 Å². The Morgan fingerprint density at radius 1 is 1.42 bits per heavy atom. The third kappa shape index (κ3) is 3.59. The van der Waals surface area contributed by atoms with Gasteiger partial charge >= 0.3 is 6.16 Å². The summed E-state index contributed by atoms with van der Waals surface area (Å²) in [4.78, 5) is 15.6. The highest BCUT2D eigenvalue weighted by atomic mass is 16.7. The van der Waals surface area contributed by atoms with Crippen LogP contribution in [0.2, 0.25) is 0 Å². The summed E-state index contributed by atoms with van der Waals surface area (Å²) in [5, 5.41) is 4.23. The lowest BCUT2D eigenvalue weighted by Gasteiger charge is -2.20. The lowest BCUT2D eigenvalue weighted by Crippen LogP contribution is -2.27. The number of hydrogen-bond donors (Lipinski definition) is 1. The zero-order valence-corrected chi connectivity index (χ0v) is 14.1. The zero-order chi connectivity index (χ0) is 17.3. The topological polar surface area (TPSA) is 101 Å². The van der Waals surface area contributed by atoms with Gasteiger partial charge in [0.25, 0.3) is 0 Å². The highest BCUT2D eigenvalue weighted by Gasteiger charge is 2.30. The van der Waals surface area contributed by atoms with Gasteiger partial charge in [-0.25, -0.2) is 14.3 Å². The number of nitrogens with zero attached hydrogens (tertiary/aromatic N) is 3. The van der Waals surface area contributed by atoms with E-state index < -0.39 is 11.8 Å². The molecule has 2 unspecified atom stereocenters. The molecule has 1 aliphatic rings. The largest absolute Gasteiger partial charge is 0.508 e. The Morgan fingerprint density at radius 3 is 2.96 bits per heavy atom. The summed E-state index contributed by atoms with van der Waals surface area (Å²) in [6.45, 7) is 5.55. The summed E-state index contributed by atoms with van der Waals surface area (Å²) < 4.78 is 18.0. The van der Waals surface area contributed by atoms with Crippen LogP contribution in [0.1, 0.15) is 45.4 Å². The summed E-state index contributed by atoms with van der Waals surface area (Å²) >= 11 is 0. The first-order valence-electron chi connectivity index (χ1n) is 7.93. The third-order valence-corrected chi connectivity index (χ3v) is 3.73. The van der Waals surface area contributed by atoms with E-state index >= 15 is 0 Å². The Morgan fingerprint density at radius 2 is 2.21 bits per heavy atom. The summed E-state index contributed by atoms with van der Waals surface area (Å²) in [5.41, 5.74) is 6.94. The van der Waals surface area contributed by atoms with Gasteiger partial charge in [0.2, 0.25) is 0 Å². The maximum absolute atomic E-state index is 11.6. The quantitative estimate of drug-likeness (QED) is 0.860. The van der Waals surface area contributed by atoms with Crippen LogP contribution in [0.5, 0.6) is 0 Å². The van der Waals surface area contributed by atoms with E-state index in [2.05, 4.69) is 10.1 Å². The average Bonchev–Trinajstić information content (AvgIpc) is 3.10. The van der Waals surface area contributed by atoms with Crippen LogP contribution in [0.3, 0.4) is 0 Å². The van der Waals surface area contributed by atoms with Gasteiger partial charge in [0.15, 0.2) is 5.82 Å². The predicted octanol–water partition coefficient (Wildman–Crippen LogP) is 2.48. The number of carbonyl (C=O) groups is 1. The Balaban J connectivity index is 1.59. The maximum atomic E-state index is 11.6. The minimum absolute atomic E-state index is 0.117. The summed E-state index contributed by atoms with van der Waals surface area (Å²) in [6.07, 6.45) is 2.08. The molecule has 2 aromatic heterocycles. The average molecular weight is 334 g/mol. The SMILES string of the molecule is CC(C)(C)OC(=O)OCC1CCC(c2ccc3c(N)ncnn23)O1. The Kier molecular flexibility index (Phi) is 4.31. The number of anilines is 1. The van der Waals surface area contributed by atoms with E-state index in [0.717, 1.165) is 24.1 Å². The van der Waals surface area contributed by atoms with Crippen LogP contribution in [-0.4, -0.2) is 39.1 Å². The van der Waals surface area contributed by atoms with Crippen molar-refractivity contribution >= 4 is 17.5 Å². The van der Waals surface area contributed by atoms with E-state index in [4.69, 9.17) is 19.9 Å². The molecule has 0 spiro atoms. The van der Waals surface area contributed by atoms with E-state index in [0.29, 0.717) is 5.82 Å². The second-order valence-corrected chi connectivity index (χ2v) is 6.80. The van der Waals surface area contributed by atoms with Crippen LogP contribution in [0.25, 0.3) is 5.52 Å². The second-order valence-electron chi connectivity index (χ2n) is 6.80. The number of aromatic nitrogens is 3. The lowest BCUT2D eigenvalue weighted by atomic mass is 10.1. The van der Waals surface area contributed by atoms with Gasteiger partial charge in [-0.2, -0.15) is 5.10 Å². The summed E-state index contributed by atoms with van der Waals surface area (Å²) in [7, 11) is 0. The van der Waals surface area contributed by atoms with Crippen molar-refractivity contribution in [1.29, 1.82) is 0 Å². The standard InChI is InChI=1S/C16H22N4O4/c1-16(2,3)24-15(21)22-8-10-4-7-13(23-10)11-5-6-12-14(17)18-9-19-20(11)12/h5-6,9-10,13H,4,7-8H2,1-3H3,(H2,17,18,19). The number of ether oxygens (including phenoxy) is 3. The molecular weight excluding hydrogens is 312 g/mol. The van der Waals surface area contributed by atoms with Gasteiger partial charge < -0.3 is 19.9 Å². The van der Waals surface area contributed by atoms with Crippen LogP contribution in [-0.2, 0) is 14.2 Å². The molecule has 8 nitrogen and oxygen atoms in total. The second kappa shape index (κ2) is 6.27. The fourth-order valence-electron chi connectivity index (χ4n) is 2.70. The molecule has 2 atom stereocenters. The van der Waals surface area contributed by atoms with Crippen molar-refractivity contribution in [3.63, 3.8) is 0 Å². The van der Waals surface area contributed by atoms with Gasteiger partial charge in [-0.15, -0.1) is 0 Å². The van der Waals surface area contributed by atoms with Gasteiger partial charge in [-0.3, -0.25) is 0 Å². The van der Waals surface area contributed by atoms with E-state index in [-0.39, 0.29) is 18.8 Å². The molecule has 0 bridgehead atoms. The minimum atomic E-state index is -0.678. The molecule has 1 saturated heterocycles. The first kappa shape index (κ1) is 16.5. The number of rotatable bonds is 3. The molecule has 0 saturated carbocycles. The van der Waals surface area contributed by atoms with Crippen molar-refractivity contribution in [1.82, 2.24) is 14.6 Å². The van der Waals surface area contributed by atoms with E-state index in [9.17, 15) is 4.79 Å². The minimum Gasteiger partial charge on any atom is -0.432 e. The first-order chi connectivity index (χ1) is 11.3. The highest BCUT2D eigenvalue weighted by molar-refractivity contribution is 5.65. The Bertz CT molecular complexity index is 737. The molecule has 3 heterocycles. The molecule has 130 valence electrons. The molecule has 8 heteroatoms. The fourth-order valence-corrected chi connectivity index (χ4v) is 2.70. The fraction of sp³-hybridized carbons (Fsp3) is 0.562. The van der Waals surface area contributed by atoms with Crippen molar-refractivity contribution in [2.24, 2.45) is 0 Å². The van der Waals surface area contributed by atoms with Crippen molar-refractivity contribution in [2.75, 3.05) is 12.3 Å². The van der Waals surface area contributed by atoms with Gasteiger partial charge in [-0.1, -0.05) is 0 Å². The zero-order valence-electron chi connectivity index (χ0n) is 14.1. The van der Waals surface area contributed by atoms with Crippen LogP contribution in [0.4, 0.5) is 10.6 Å². The van der Waals surface area contributed by atoms with Gasteiger partial charge in [0.05, 0.1) is 11.8 Å². The molecular formula is C16H22N4O4. The van der Waals surface area contributed by atoms with E-state index in [1.165, 1.54) is 6.33 Å². The summed E-state index contributed by atoms with van der Waals surface area (Å²) in [5.74, 6) is 0.430. The molecule has 0 radical (unpaired) electrons. The molecule has 0 amide bonds. The third-order valence-electron chi connectivity index (χ3n) is 3.73. The number of nitrogens with two attached hydrogens (primary N) is 1. The van der Waals surface area contributed by atoms with Crippen LogP contribution in [0, 0.1) is 0 Å². The Hall–Kier alpha value is -2.35. The van der Waals surface area contributed by atoms with Gasteiger partial charge in [0.1, 0.15) is 30.2 Å². The van der Waals surface area contributed by atoms with Crippen molar-refractivity contribution in [3.05, 3.63) is 24.2 Å². The normalized spacial score (nSPS) is 21.1. The smallest absolute Gasteiger partial charge is 0.432 e. The molecule has 1 aliphatic heterocycles. The Labute approximate surface area is 139 Å². The first-order valence-corrected chi connectivity index (χ1v) is 7.93. The van der Waals surface area contributed by atoms with E-state index in [1.54, 1.807) is 25.3 Å². The van der Waals surface area contributed by atoms with Crippen molar-refractivity contribution in [3.8, 4) is 0 Å². The number of nitrogen functional groups attached to an aromatic ring is 1. The maximum Gasteiger partial charge on any atom is 0.508 e. The molecule has 0 aromatic carbocycles. The molecule has 2 N–H and O–H groups in total. The monoisotopic (exact) mass is 334 g/mol. The molecule has 24 heavy (non-hydrogen) atoms. The van der Waals surface area contributed by atoms with Crippen LogP contribution in [0.15, 0.2) is 18.5 Å². The number of hydrogen-bond acceptors (Lipinski definition) is 7. The van der Waals surface area contributed by atoms with Gasteiger partial charge in [0, 0.05) is 0 Å². The lowest BCUT2D eigenvalue weighted by molar-refractivity contribution is -0.0410. The molecule has 3 rings (SSSR count). The van der Waals surface area contributed by atoms with Crippen molar-refractivity contribution < 1.29 is 19.0 Å². The predicted molar refractivity (Wildman–Crippen MR) is 86.4 cm³/mol. The van der Waals surface area contributed by atoms with Crippen molar-refractivity contribution in [2.45, 2.75) is 51.4 Å². The van der Waals surface area contributed by atoms with Crippen LogP contribution < -0.4 is 5.73 Å². The molecule has 2 aromatic rings. The number of fused-ring (bicyclic) bond motifs is 1. The molecule has 0 aliphatic carbocycles. The number of carbonyl (C=O) groups excluding carboxylic acids is 1. The van der Waals surface area contributed by atoms with E-state index in [1.807, 2.05) is 12.1 Å². The van der Waals surface area contributed by atoms with Gasteiger partial charge in [-0.05, 0) is 45.7 Å².